The molecule has 0 aliphatic heterocycles. The Kier molecular flexibility index (Phi) is 3.79. The Morgan fingerprint density at radius 2 is 2.06 bits per heavy atom. The lowest BCUT2D eigenvalue weighted by atomic mass is 9.75. The summed E-state index contributed by atoms with van der Waals surface area (Å²) < 4.78 is 13.6. The molecule has 1 nitrogen and oxygen atoms in total. The second-order valence-electron chi connectivity index (χ2n) is 5.66. The predicted molar refractivity (Wildman–Crippen MR) is 71.7 cm³/mol. The van der Waals surface area contributed by atoms with E-state index in [1.165, 1.54) is 12.5 Å². The predicted octanol–water partition coefficient (Wildman–Crippen LogP) is 3.82. The lowest BCUT2D eigenvalue weighted by Gasteiger charge is -2.38. The second kappa shape index (κ2) is 4.99. The molecule has 1 aromatic rings. The maximum Gasteiger partial charge on any atom is 0.136 e. The molecule has 17 heavy (non-hydrogen) atoms. The van der Waals surface area contributed by atoms with Crippen molar-refractivity contribution >= 4 is 11.8 Å². The van der Waals surface area contributed by atoms with Gasteiger partial charge in [-0.1, -0.05) is 26.0 Å². The first-order valence-electron chi connectivity index (χ1n) is 6.15. The Hall–Kier alpha value is -0.540. The van der Waals surface area contributed by atoms with Crippen molar-refractivity contribution in [3.63, 3.8) is 0 Å². The lowest BCUT2D eigenvalue weighted by Crippen LogP contribution is -2.41. The van der Waals surface area contributed by atoms with Crippen LogP contribution >= 0.6 is 11.8 Å². The number of hydrogen-bond acceptors (Lipinski definition) is 2. The van der Waals surface area contributed by atoms with E-state index in [2.05, 4.69) is 13.8 Å². The van der Waals surface area contributed by atoms with Crippen LogP contribution in [0.15, 0.2) is 29.2 Å². The highest BCUT2D eigenvalue weighted by Gasteiger charge is 2.33. The van der Waals surface area contributed by atoms with Crippen molar-refractivity contribution in [1.82, 2.24) is 0 Å². The third kappa shape index (κ3) is 3.23. The van der Waals surface area contributed by atoms with Crippen LogP contribution in [0.3, 0.4) is 0 Å². The van der Waals surface area contributed by atoms with Crippen molar-refractivity contribution in [2.45, 2.75) is 49.3 Å². The Morgan fingerprint density at radius 1 is 1.35 bits per heavy atom. The first-order valence-corrected chi connectivity index (χ1v) is 7.03. The van der Waals surface area contributed by atoms with Crippen LogP contribution in [0.1, 0.15) is 33.1 Å². The number of hydrogen-bond donors (Lipinski definition) is 1. The third-order valence-corrected chi connectivity index (χ3v) is 4.90. The van der Waals surface area contributed by atoms with Gasteiger partial charge in [-0.2, -0.15) is 0 Å². The normalized spacial score (nSPS) is 28.0. The van der Waals surface area contributed by atoms with E-state index in [-0.39, 0.29) is 11.9 Å². The van der Waals surface area contributed by atoms with Gasteiger partial charge < -0.3 is 5.73 Å². The molecule has 94 valence electrons. The van der Waals surface area contributed by atoms with Crippen LogP contribution in [0.5, 0.6) is 0 Å². The van der Waals surface area contributed by atoms with Gasteiger partial charge in [0.2, 0.25) is 0 Å². The largest absolute Gasteiger partial charge is 0.327 e. The molecule has 1 aliphatic carbocycles. The summed E-state index contributed by atoms with van der Waals surface area (Å²) in [5, 5.41) is 0.329. The Bertz CT molecular complexity index is 392. The Morgan fingerprint density at radius 3 is 2.76 bits per heavy atom. The van der Waals surface area contributed by atoms with E-state index < -0.39 is 0 Å². The molecule has 0 amide bonds. The minimum absolute atomic E-state index is 0.131. The van der Waals surface area contributed by atoms with E-state index >= 15 is 0 Å². The quantitative estimate of drug-likeness (QED) is 0.867. The summed E-state index contributed by atoms with van der Waals surface area (Å²) in [5.74, 6) is -0.131. The monoisotopic (exact) mass is 253 g/mol. The van der Waals surface area contributed by atoms with Crippen molar-refractivity contribution in [3.05, 3.63) is 30.1 Å². The summed E-state index contributed by atoms with van der Waals surface area (Å²) in [6.07, 6.45) is 3.27. The van der Waals surface area contributed by atoms with Gasteiger partial charge in [0.05, 0.1) is 0 Å². The topological polar surface area (TPSA) is 26.0 Å². The molecule has 0 saturated heterocycles. The number of nitrogens with two attached hydrogens (primary N) is 1. The number of benzene rings is 1. The molecule has 1 fully saturated rings. The molecule has 2 atom stereocenters. The molecular weight excluding hydrogens is 233 g/mol. The zero-order chi connectivity index (χ0) is 12.5. The van der Waals surface area contributed by atoms with Crippen LogP contribution in [0.2, 0.25) is 0 Å². The zero-order valence-corrected chi connectivity index (χ0v) is 11.3. The highest BCUT2D eigenvalue weighted by atomic mass is 32.2. The SMILES string of the molecule is CC1(C)CCC(N)C(Sc2ccccc2F)C1. The third-order valence-electron chi connectivity index (χ3n) is 3.50. The summed E-state index contributed by atoms with van der Waals surface area (Å²) in [6, 6.07) is 7.15. The summed E-state index contributed by atoms with van der Waals surface area (Å²) >= 11 is 1.60. The molecule has 1 saturated carbocycles. The molecule has 0 heterocycles. The van der Waals surface area contributed by atoms with Gasteiger partial charge in [0.1, 0.15) is 5.82 Å². The molecule has 0 spiro atoms. The molecule has 2 rings (SSSR count). The fourth-order valence-electron chi connectivity index (χ4n) is 2.37. The van der Waals surface area contributed by atoms with E-state index in [9.17, 15) is 4.39 Å². The van der Waals surface area contributed by atoms with Gasteiger partial charge in [-0.05, 0) is 36.8 Å². The number of halogens is 1. The fourth-order valence-corrected chi connectivity index (χ4v) is 3.88. The highest BCUT2D eigenvalue weighted by molar-refractivity contribution is 8.00. The van der Waals surface area contributed by atoms with Gasteiger partial charge in [-0.25, -0.2) is 4.39 Å². The van der Waals surface area contributed by atoms with Gasteiger partial charge in [0.15, 0.2) is 0 Å². The van der Waals surface area contributed by atoms with E-state index in [1.54, 1.807) is 17.8 Å². The molecule has 0 aromatic heterocycles. The molecule has 2 N–H and O–H groups in total. The number of thioether (sulfide) groups is 1. The highest BCUT2D eigenvalue weighted by Crippen LogP contribution is 2.42. The molecule has 0 radical (unpaired) electrons. The van der Waals surface area contributed by atoms with Gasteiger partial charge in [0, 0.05) is 16.2 Å². The van der Waals surface area contributed by atoms with E-state index in [0.29, 0.717) is 10.7 Å². The van der Waals surface area contributed by atoms with Gasteiger partial charge in [-0.15, -0.1) is 11.8 Å². The van der Waals surface area contributed by atoms with Gasteiger partial charge >= 0.3 is 0 Å². The minimum atomic E-state index is -0.131. The van der Waals surface area contributed by atoms with Crippen molar-refractivity contribution < 1.29 is 4.39 Å². The summed E-state index contributed by atoms with van der Waals surface area (Å²) in [7, 11) is 0. The van der Waals surface area contributed by atoms with Gasteiger partial charge in [0.25, 0.3) is 0 Å². The summed E-state index contributed by atoms with van der Waals surface area (Å²) in [6.45, 7) is 4.54. The van der Waals surface area contributed by atoms with Crippen LogP contribution in [0, 0.1) is 11.2 Å². The standard InChI is InChI=1S/C14H20FNS/c1-14(2)8-7-11(16)13(9-14)17-12-6-4-3-5-10(12)15/h3-6,11,13H,7-9,16H2,1-2H3. The van der Waals surface area contributed by atoms with Crippen molar-refractivity contribution in [1.29, 1.82) is 0 Å². The van der Waals surface area contributed by atoms with Crippen LogP contribution in [0.4, 0.5) is 4.39 Å². The molecule has 0 bridgehead atoms. The molecular formula is C14H20FNS. The average Bonchev–Trinajstić information content (AvgIpc) is 2.26. The maximum absolute atomic E-state index is 13.6. The van der Waals surface area contributed by atoms with Crippen molar-refractivity contribution in [2.75, 3.05) is 0 Å². The first-order chi connectivity index (χ1) is 7.98. The van der Waals surface area contributed by atoms with Crippen molar-refractivity contribution in [2.24, 2.45) is 11.1 Å². The van der Waals surface area contributed by atoms with Gasteiger partial charge in [-0.3, -0.25) is 0 Å². The minimum Gasteiger partial charge on any atom is -0.327 e. The smallest absolute Gasteiger partial charge is 0.136 e. The first kappa shape index (κ1) is 12.9. The Balaban J connectivity index is 2.10. The van der Waals surface area contributed by atoms with Crippen LogP contribution in [-0.4, -0.2) is 11.3 Å². The molecule has 3 heteroatoms. The Labute approximate surface area is 107 Å². The number of rotatable bonds is 2. The van der Waals surface area contributed by atoms with Crippen LogP contribution in [0.25, 0.3) is 0 Å². The average molecular weight is 253 g/mol. The van der Waals surface area contributed by atoms with Crippen LogP contribution < -0.4 is 5.73 Å². The van der Waals surface area contributed by atoms with Crippen LogP contribution in [-0.2, 0) is 0 Å². The molecule has 1 aliphatic rings. The molecule has 2 unspecified atom stereocenters. The second-order valence-corrected chi connectivity index (χ2v) is 6.94. The molecule has 1 aromatic carbocycles. The summed E-state index contributed by atoms with van der Waals surface area (Å²) in [5.41, 5.74) is 6.49. The lowest BCUT2D eigenvalue weighted by molar-refractivity contribution is 0.232. The van der Waals surface area contributed by atoms with E-state index in [4.69, 9.17) is 5.73 Å². The van der Waals surface area contributed by atoms with E-state index in [1.807, 2.05) is 12.1 Å². The zero-order valence-electron chi connectivity index (χ0n) is 10.4. The fraction of sp³-hybridized carbons (Fsp3) is 0.571. The van der Waals surface area contributed by atoms with Crippen molar-refractivity contribution in [3.8, 4) is 0 Å². The summed E-state index contributed by atoms with van der Waals surface area (Å²) in [4.78, 5) is 0.727. The maximum atomic E-state index is 13.6. The van der Waals surface area contributed by atoms with E-state index in [0.717, 1.165) is 17.7 Å².